The molecule has 1 amide bonds. The van der Waals surface area contributed by atoms with E-state index >= 15 is 0 Å². The van der Waals surface area contributed by atoms with Gasteiger partial charge in [0.15, 0.2) is 6.10 Å². The van der Waals surface area contributed by atoms with E-state index in [1.54, 1.807) is 6.92 Å². The van der Waals surface area contributed by atoms with Crippen LogP contribution in [0.5, 0.6) is 5.75 Å². The number of likely N-dealkylation sites (tertiary alicyclic amines) is 1. The Morgan fingerprint density at radius 1 is 1.41 bits per heavy atom. The highest BCUT2D eigenvalue weighted by molar-refractivity contribution is 5.83. The molecule has 1 fully saturated rings. The number of amides is 1. The second-order valence-electron chi connectivity index (χ2n) is 6.67. The Kier molecular flexibility index (Phi) is 3.38. The van der Waals surface area contributed by atoms with Crippen molar-refractivity contribution in [3.05, 3.63) is 29.3 Å². The van der Waals surface area contributed by atoms with Gasteiger partial charge >= 0.3 is 6.18 Å². The smallest absolute Gasteiger partial charge is 0.389 e. The van der Waals surface area contributed by atoms with E-state index in [-0.39, 0.29) is 19.0 Å². The number of nitrogens with zero attached hydrogens (tertiary/aromatic N) is 1. The van der Waals surface area contributed by atoms with Gasteiger partial charge in [0.2, 0.25) is 0 Å². The van der Waals surface area contributed by atoms with Crippen LogP contribution < -0.4 is 4.74 Å². The van der Waals surface area contributed by atoms with Gasteiger partial charge in [0.1, 0.15) is 5.75 Å². The Hall–Kier alpha value is -1.72. The number of hydrogen-bond donors (Lipinski definition) is 0. The molecule has 2 aliphatic rings. The normalized spacial score (nSPS) is 22.8. The van der Waals surface area contributed by atoms with Gasteiger partial charge in [0, 0.05) is 24.9 Å². The Bertz CT molecular complexity index is 606. The SMILES string of the molecule is Cc1cccc2c1O[C@H](C(=O)N1CC(C)(CC(F)(F)F)C1)C2. The number of benzene rings is 1. The zero-order valence-electron chi connectivity index (χ0n) is 12.5. The first kappa shape index (κ1) is 15.2. The number of carbonyl (C=O) groups excluding carboxylic acids is 1. The van der Waals surface area contributed by atoms with E-state index in [9.17, 15) is 18.0 Å². The molecule has 3 nitrogen and oxygen atoms in total. The largest absolute Gasteiger partial charge is 0.480 e. The van der Waals surface area contributed by atoms with Crippen molar-refractivity contribution in [2.24, 2.45) is 5.41 Å². The van der Waals surface area contributed by atoms with Crippen molar-refractivity contribution in [1.29, 1.82) is 0 Å². The molecule has 1 aromatic carbocycles. The summed E-state index contributed by atoms with van der Waals surface area (Å²) in [4.78, 5) is 13.9. The van der Waals surface area contributed by atoms with Crippen LogP contribution in [0.1, 0.15) is 24.5 Å². The molecule has 1 aromatic rings. The fourth-order valence-electron chi connectivity index (χ4n) is 3.39. The number of carbonyl (C=O) groups is 1. The number of alkyl halides is 3. The predicted octanol–water partition coefficient (Wildman–Crippen LogP) is 3.10. The number of rotatable bonds is 2. The first-order valence-electron chi connectivity index (χ1n) is 7.28. The average molecular weight is 313 g/mol. The van der Waals surface area contributed by atoms with E-state index in [1.165, 1.54) is 4.90 Å². The third kappa shape index (κ3) is 2.78. The van der Waals surface area contributed by atoms with E-state index in [0.717, 1.165) is 16.9 Å². The number of aryl methyl sites for hydroxylation is 1. The third-order valence-corrected chi connectivity index (χ3v) is 4.32. The van der Waals surface area contributed by atoms with Crippen molar-refractivity contribution in [3.63, 3.8) is 0 Å². The molecular formula is C16H18F3NO2. The van der Waals surface area contributed by atoms with E-state index in [2.05, 4.69) is 0 Å². The molecule has 2 heterocycles. The number of ether oxygens (including phenoxy) is 1. The molecule has 120 valence electrons. The number of halogens is 3. The lowest BCUT2D eigenvalue weighted by molar-refractivity contribution is -0.184. The van der Waals surface area contributed by atoms with Crippen LogP contribution in [-0.4, -0.2) is 36.2 Å². The van der Waals surface area contributed by atoms with Crippen LogP contribution in [0.15, 0.2) is 18.2 Å². The topological polar surface area (TPSA) is 29.5 Å². The zero-order chi connectivity index (χ0) is 16.1. The highest BCUT2D eigenvalue weighted by Crippen LogP contribution is 2.41. The van der Waals surface area contributed by atoms with E-state index in [4.69, 9.17) is 4.74 Å². The van der Waals surface area contributed by atoms with E-state index in [1.807, 2.05) is 25.1 Å². The molecule has 22 heavy (non-hydrogen) atoms. The molecule has 1 atom stereocenters. The van der Waals surface area contributed by atoms with Gasteiger partial charge in [-0.2, -0.15) is 13.2 Å². The summed E-state index contributed by atoms with van der Waals surface area (Å²) in [6.07, 6.45) is -5.16. The maximum Gasteiger partial charge on any atom is 0.389 e. The van der Waals surface area contributed by atoms with E-state index in [0.29, 0.717) is 6.42 Å². The predicted molar refractivity (Wildman–Crippen MR) is 74.7 cm³/mol. The third-order valence-electron chi connectivity index (χ3n) is 4.32. The monoisotopic (exact) mass is 313 g/mol. The summed E-state index contributed by atoms with van der Waals surface area (Å²) in [6.45, 7) is 3.76. The Morgan fingerprint density at radius 3 is 2.68 bits per heavy atom. The lowest BCUT2D eigenvalue weighted by Gasteiger charge is -2.48. The molecular weight excluding hydrogens is 295 g/mol. The number of para-hydroxylation sites is 1. The van der Waals surface area contributed by atoms with Crippen molar-refractivity contribution >= 4 is 5.91 Å². The van der Waals surface area contributed by atoms with Gasteiger partial charge in [0.05, 0.1) is 6.42 Å². The van der Waals surface area contributed by atoms with Gasteiger partial charge in [-0.1, -0.05) is 25.1 Å². The molecule has 0 N–H and O–H groups in total. The summed E-state index contributed by atoms with van der Waals surface area (Å²) < 4.78 is 43.2. The van der Waals surface area contributed by atoms with Crippen molar-refractivity contribution in [2.75, 3.05) is 13.1 Å². The molecule has 0 saturated carbocycles. The van der Waals surface area contributed by atoms with Crippen LogP contribution in [0, 0.1) is 12.3 Å². The summed E-state index contributed by atoms with van der Waals surface area (Å²) in [5.74, 6) is 0.523. The van der Waals surface area contributed by atoms with Gasteiger partial charge in [-0.3, -0.25) is 4.79 Å². The van der Waals surface area contributed by atoms with Crippen LogP contribution in [0.4, 0.5) is 13.2 Å². The number of hydrogen-bond acceptors (Lipinski definition) is 2. The second kappa shape index (κ2) is 4.89. The summed E-state index contributed by atoms with van der Waals surface area (Å²) >= 11 is 0. The quantitative estimate of drug-likeness (QED) is 0.840. The minimum absolute atomic E-state index is 0.139. The fourth-order valence-corrected chi connectivity index (χ4v) is 3.39. The maximum atomic E-state index is 12.5. The molecule has 2 aliphatic heterocycles. The summed E-state index contributed by atoms with van der Waals surface area (Å²) in [6, 6.07) is 5.74. The van der Waals surface area contributed by atoms with Crippen molar-refractivity contribution in [3.8, 4) is 5.75 Å². The molecule has 3 rings (SSSR count). The minimum atomic E-state index is -4.19. The Morgan fingerprint density at radius 2 is 2.09 bits per heavy atom. The van der Waals surface area contributed by atoms with Gasteiger partial charge in [-0.05, 0) is 18.1 Å². The molecule has 6 heteroatoms. The molecule has 0 unspecified atom stereocenters. The van der Waals surface area contributed by atoms with Crippen LogP contribution in [0.25, 0.3) is 0 Å². The van der Waals surface area contributed by atoms with Gasteiger partial charge < -0.3 is 9.64 Å². The molecule has 0 aliphatic carbocycles. The lowest BCUT2D eigenvalue weighted by atomic mass is 9.78. The highest BCUT2D eigenvalue weighted by Gasteiger charge is 2.50. The van der Waals surface area contributed by atoms with Crippen LogP contribution in [0.2, 0.25) is 0 Å². The van der Waals surface area contributed by atoms with Crippen LogP contribution >= 0.6 is 0 Å². The summed E-state index contributed by atoms with van der Waals surface area (Å²) in [5.41, 5.74) is 1.09. The van der Waals surface area contributed by atoms with Crippen molar-refractivity contribution in [2.45, 2.75) is 39.0 Å². The summed E-state index contributed by atoms with van der Waals surface area (Å²) in [5, 5.41) is 0. The van der Waals surface area contributed by atoms with Crippen LogP contribution in [-0.2, 0) is 11.2 Å². The maximum absolute atomic E-state index is 12.5. The highest BCUT2D eigenvalue weighted by atomic mass is 19.4. The molecule has 0 spiro atoms. The summed E-state index contributed by atoms with van der Waals surface area (Å²) in [7, 11) is 0. The first-order chi connectivity index (χ1) is 10.2. The second-order valence-corrected chi connectivity index (χ2v) is 6.67. The number of fused-ring (bicyclic) bond motifs is 1. The molecule has 0 radical (unpaired) electrons. The van der Waals surface area contributed by atoms with E-state index < -0.39 is 24.1 Å². The van der Waals surface area contributed by atoms with Gasteiger partial charge in [-0.15, -0.1) is 0 Å². The average Bonchev–Trinajstić information content (AvgIpc) is 2.78. The molecule has 1 saturated heterocycles. The molecule has 0 bridgehead atoms. The fraction of sp³-hybridized carbons (Fsp3) is 0.562. The van der Waals surface area contributed by atoms with Crippen molar-refractivity contribution < 1.29 is 22.7 Å². The molecule has 0 aromatic heterocycles. The first-order valence-corrected chi connectivity index (χ1v) is 7.28. The van der Waals surface area contributed by atoms with Crippen molar-refractivity contribution in [1.82, 2.24) is 4.90 Å². The lowest BCUT2D eigenvalue weighted by Crippen LogP contribution is -2.60. The van der Waals surface area contributed by atoms with Gasteiger partial charge in [-0.25, -0.2) is 0 Å². The zero-order valence-corrected chi connectivity index (χ0v) is 12.5. The minimum Gasteiger partial charge on any atom is -0.480 e. The Labute approximate surface area is 127 Å². The van der Waals surface area contributed by atoms with Gasteiger partial charge in [0.25, 0.3) is 5.91 Å². The van der Waals surface area contributed by atoms with Crippen LogP contribution in [0.3, 0.4) is 0 Å². The standard InChI is InChI=1S/C16H18F3NO2/c1-10-4-3-5-11-6-12(22-13(10)11)14(21)20-8-15(2,9-20)7-16(17,18)19/h3-5,12H,6-9H2,1-2H3/t12-/m0/s1. The Balaban J connectivity index is 1.61.